The van der Waals surface area contributed by atoms with Gasteiger partial charge in [-0.05, 0) is 11.1 Å². The number of ether oxygens (including phenoxy) is 3. The maximum atomic E-state index is 9.46. The molecule has 0 spiro atoms. The number of azide groups is 1. The summed E-state index contributed by atoms with van der Waals surface area (Å²) in [7, 11) is 0. The van der Waals surface area contributed by atoms with Crippen molar-refractivity contribution in [3.63, 3.8) is 0 Å². The van der Waals surface area contributed by atoms with Gasteiger partial charge >= 0.3 is 0 Å². The van der Waals surface area contributed by atoms with Crippen LogP contribution in [0.25, 0.3) is 20.9 Å². The van der Waals surface area contributed by atoms with Gasteiger partial charge in [0.15, 0.2) is 0 Å². The standard InChI is InChI=1S/C8H16N6O5/c9-13-11-8(16,12-14-10)7-19-6-5-18-4-3-17-2-1-15/h15-16H,1-7H2. The molecule has 0 atom stereocenters. The predicted octanol–water partition coefficient (Wildman–Crippen LogP) is 0.295. The van der Waals surface area contributed by atoms with Crippen molar-refractivity contribution in [2.45, 2.75) is 5.85 Å². The third-order valence-electron chi connectivity index (χ3n) is 1.69. The van der Waals surface area contributed by atoms with Crippen molar-refractivity contribution in [3.05, 3.63) is 20.9 Å². The van der Waals surface area contributed by atoms with Gasteiger partial charge in [0, 0.05) is 9.82 Å². The topological polar surface area (TPSA) is 166 Å². The molecule has 11 heteroatoms. The molecule has 0 heterocycles. The lowest BCUT2D eigenvalue weighted by molar-refractivity contribution is -0.0543. The van der Waals surface area contributed by atoms with Crippen molar-refractivity contribution in [3.8, 4) is 0 Å². The summed E-state index contributed by atoms with van der Waals surface area (Å²) < 4.78 is 15.0. The van der Waals surface area contributed by atoms with E-state index in [9.17, 15) is 5.11 Å². The highest BCUT2D eigenvalue weighted by Crippen LogP contribution is 2.10. The van der Waals surface area contributed by atoms with Crippen LogP contribution in [0, 0.1) is 0 Å². The highest BCUT2D eigenvalue weighted by molar-refractivity contribution is 4.73. The van der Waals surface area contributed by atoms with E-state index in [1.165, 1.54) is 0 Å². The van der Waals surface area contributed by atoms with E-state index in [0.29, 0.717) is 13.2 Å². The fourth-order valence-electron chi connectivity index (χ4n) is 0.934. The first-order chi connectivity index (χ1) is 9.18. The maximum absolute atomic E-state index is 9.46. The molecular formula is C8H16N6O5. The maximum Gasteiger partial charge on any atom is 0.246 e. The molecule has 2 N–H and O–H groups in total. The van der Waals surface area contributed by atoms with Crippen LogP contribution in [-0.4, -0.2) is 62.3 Å². The van der Waals surface area contributed by atoms with Gasteiger partial charge in [0.05, 0.1) is 46.2 Å². The van der Waals surface area contributed by atoms with Crippen LogP contribution in [0.2, 0.25) is 0 Å². The molecule has 0 bridgehead atoms. The van der Waals surface area contributed by atoms with Crippen LogP contribution in [0.4, 0.5) is 0 Å². The zero-order chi connectivity index (χ0) is 14.4. The number of aliphatic hydroxyl groups is 2. The largest absolute Gasteiger partial charge is 0.394 e. The van der Waals surface area contributed by atoms with Gasteiger partial charge in [-0.15, -0.1) is 0 Å². The lowest BCUT2D eigenvalue weighted by atomic mass is 10.5. The lowest BCUT2D eigenvalue weighted by Crippen LogP contribution is -2.29. The van der Waals surface area contributed by atoms with Gasteiger partial charge < -0.3 is 24.4 Å². The average molecular weight is 276 g/mol. The molecule has 0 fully saturated rings. The van der Waals surface area contributed by atoms with Crippen LogP contribution in [0.3, 0.4) is 0 Å². The van der Waals surface area contributed by atoms with E-state index >= 15 is 0 Å². The third-order valence-corrected chi connectivity index (χ3v) is 1.69. The Hall–Kier alpha value is -1.58. The van der Waals surface area contributed by atoms with Crippen LogP contribution >= 0.6 is 0 Å². The second kappa shape index (κ2) is 11.5. The normalized spacial score (nSPS) is 13.2. The van der Waals surface area contributed by atoms with E-state index in [1.807, 2.05) is 0 Å². The first-order valence-corrected chi connectivity index (χ1v) is 5.37. The molecule has 0 unspecified atom stereocenters. The first kappa shape index (κ1) is 17.4. The molecule has 11 nitrogen and oxygen atoms in total. The Labute approximate surface area is 108 Å². The van der Waals surface area contributed by atoms with E-state index in [0.717, 1.165) is 0 Å². The molecular weight excluding hydrogens is 260 g/mol. The minimum Gasteiger partial charge on any atom is -0.394 e. The Morgan fingerprint density at radius 1 is 0.895 bits per heavy atom. The van der Waals surface area contributed by atoms with Crippen LogP contribution < -0.4 is 0 Å². The number of aliphatic hydroxyl groups excluding tert-OH is 1. The Morgan fingerprint density at radius 3 is 1.84 bits per heavy atom. The van der Waals surface area contributed by atoms with Gasteiger partial charge in [-0.2, -0.15) is 0 Å². The number of rotatable bonds is 12. The summed E-state index contributed by atoms with van der Waals surface area (Å²) in [6, 6.07) is 0. The summed E-state index contributed by atoms with van der Waals surface area (Å²) in [5, 5.41) is 23.7. The van der Waals surface area contributed by atoms with E-state index in [2.05, 4.69) is 20.1 Å². The monoisotopic (exact) mass is 276 g/mol. The number of hydrogen-bond donors (Lipinski definition) is 2. The highest BCUT2D eigenvalue weighted by Gasteiger charge is 2.23. The van der Waals surface area contributed by atoms with Crippen LogP contribution in [0.1, 0.15) is 0 Å². The summed E-state index contributed by atoms with van der Waals surface area (Å²) in [5.74, 6) is -2.27. The van der Waals surface area contributed by atoms with Crippen molar-refractivity contribution in [2.75, 3.05) is 46.2 Å². The summed E-state index contributed by atoms with van der Waals surface area (Å²) >= 11 is 0. The van der Waals surface area contributed by atoms with Gasteiger partial charge in [0.25, 0.3) is 0 Å². The predicted molar refractivity (Wildman–Crippen MR) is 62.8 cm³/mol. The summed E-state index contributed by atoms with van der Waals surface area (Å²) in [6.45, 7) is 0.773. The molecule has 19 heavy (non-hydrogen) atoms. The Balaban J connectivity index is 3.61. The SMILES string of the molecule is [N-]=[N+]=NC(O)(COCCOCCOCCO)N=[N+]=[N-]. The van der Waals surface area contributed by atoms with Crippen LogP contribution in [0.5, 0.6) is 0 Å². The second-order valence-electron chi connectivity index (χ2n) is 3.15. The fraction of sp³-hybridized carbons (Fsp3) is 1.00. The molecule has 0 saturated heterocycles. The summed E-state index contributed by atoms with van der Waals surface area (Å²) in [6.07, 6.45) is 0. The second-order valence-corrected chi connectivity index (χ2v) is 3.15. The van der Waals surface area contributed by atoms with E-state index in [1.54, 1.807) is 0 Å². The van der Waals surface area contributed by atoms with Crippen molar-refractivity contribution >= 4 is 0 Å². The quantitative estimate of drug-likeness (QED) is 0.226. The zero-order valence-corrected chi connectivity index (χ0v) is 10.3. The molecule has 0 rings (SSSR count). The molecule has 0 radical (unpaired) electrons. The fourth-order valence-corrected chi connectivity index (χ4v) is 0.934. The minimum absolute atomic E-state index is 0.0412. The summed E-state index contributed by atoms with van der Waals surface area (Å²) in [5.41, 5.74) is 16.4. The average Bonchev–Trinajstić information content (AvgIpc) is 2.37. The van der Waals surface area contributed by atoms with Crippen LogP contribution in [0.15, 0.2) is 10.2 Å². The van der Waals surface area contributed by atoms with Gasteiger partial charge in [-0.1, -0.05) is 10.2 Å². The number of nitrogens with zero attached hydrogens (tertiary/aromatic N) is 6. The molecule has 0 amide bonds. The van der Waals surface area contributed by atoms with E-state index in [4.69, 9.17) is 30.4 Å². The molecule has 0 aliphatic rings. The number of hydrogen-bond acceptors (Lipinski definition) is 7. The minimum atomic E-state index is -2.27. The first-order valence-electron chi connectivity index (χ1n) is 5.37. The van der Waals surface area contributed by atoms with Crippen molar-refractivity contribution in [1.82, 2.24) is 0 Å². The third kappa shape index (κ3) is 10.1. The molecule has 0 saturated carbocycles. The van der Waals surface area contributed by atoms with Gasteiger partial charge in [0.2, 0.25) is 5.85 Å². The van der Waals surface area contributed by atoms with Crippen LogP contribution in [-0.2, 0) is 14.2 Å². The Kier molecular flexibility index (Phi) is 10.6. The molecule has 0 aliphatic heterocycles. The lowest BCUT2D eigenvalue weighted by Gasteiger charge is -2.15. The summed E-state index contributed by atoms with van der Waals surface area (Å²) in [4.78, 5) is 4.69. The molecule has 0 aromatic carbocycles. The van der Waals surface area contributed by atoms with E-state index < -0.39 is 12.5 Å². The molecule has 0 aromatic rings. The van der Waals surface area contributed by atoms with E-state index in [-0.39, 0.29) is 26.4 Å². The highest BCUT2D eigenvalue weighted by atomic mass is 16.5. The van der Waals surface area contributed by atoms with Gasteiger partial charge in [-0.25, -0.2) is 0 Å². The molecule has 0 aliphatic carbocycles. The Bertz CT molecular complexity index is 310. The molecule has 108 valence electrons. The van der Waals surface area contributed by atoms with Gasteiger partial charge in [0.1, 0.15) is 0 Å². The van der Waals surface area contributed by atoms with Gasteiger partial charge in [-0.3, -0.25) is 0 Å². The zero-order valence-electron chi connectivity index (χ0n) is 10.3. The van der Waals surface area contributed by atoms with Crippen molar-refractivity contribution < 1.29 is 24.4 Å². The Morgan fingerprint density at radius 2 is 1.37 bits per heavy atom. The van der Waals surface area contributed by atoms with Crippen molar-refractivity contribution in [2.24, 2.45) is 10.2 Å². The smallest absolute Gasteiger partial charge is 0.246 e. The molecule has 0 aromatic heterocycles. The van der Waals surface area contributed by atoms with Crippen molar-refractivity contribution in [1.29, 1.82) is 0 Å².